The van der Waals surface area contributed by atoms with Gasteiger partial charge >= 0.3 is 6.09 Å². The molecule has 244 valence electrons. The van der Waals surface area contributed by atoms with E-state index in [2.05, 4.69) is 44.3 Å². The van der Waals surface area contributed by atoms with Gasteiger partial charge in [0.1, 0.15) is 5.75 Å². The topological polar surface area (TPSA) is 122 Å². The van der Waals surface area contributed by atoms with Crippen molar-refractivity contribution in [2.75, 3.05) is 44.2 Å². The Hall–Kier alpha value is -4.54. The van der Waals surface area contributed by atoms with Gasteiger partial charge in [-0.25, -0.2) is 4.79 Å². The van der Waals surface area contributed by atoms with Crippen LogP contribution in [0.4, 0.5) is 10.5 Å². The minimum atomic E-state index is -1.12. The molecule has 46 heavy (non-hydrogen) atoms. The number of piperazine rings is 1. The van der Waals surface area contributed by atoms with Gasteiger partial charge in [-0.3, -0.25) is 14.7 Å². The Labute approximate surface area is 270 Å². The monoisotopic (exact) mass is 628 g/mol. The zero-order valence-corrected chi connectivity index (χ0v) is 26.7. The molecule has 3 fully saturated rings. The number of ether oxygens (including phenoxy) is 1. The third kappa shape index (κ3) is 6.98. The summed E-state index contributed by atoms with van der Waals surface area (Å²) in [5, 5.41) is 16.1. The number of nitrogens with one attached hydrogen (secondary N) is 1. The second kappa shape index (κ2) is 13.4. The van der Waals surface area contributed by atoms with Crippen molar-refractivity contribution in [3.05, 3.63) is 66.5 Å². The van der Waals surface area contributed by atoms with Crippen LogP contribution in [0, 0.1) is 5.92 Å². The standard InChI is InChI=1S/C35H44N6O5/c1-35(2,33(43)38-16-18-39(19-17-38)34(44)45)46-31-10-4-9-30(20-31)40-15-5-6-27(24-40)32(42)41(29-7-3-8-29)23-25-11-13-26(14-12-25)28-21-36-37-22-28/h4,9-14,20-22,27,29H,3,5-8,15-19,23-24H2,1-2H3,(H,36,37)(H,44,45)/t27-/m1/s1. The maximum absolute atomic E-state index is 14.1. The zero-order chi connectivity index (χ0) is 32.3. The van der Waals surface area contributed by atoms with E-state index in [1.54, 1.807) is 18.7 Å². The minimum Gasteiger partial charge on any atom is -0.478 e. The summed E-state index contributed by atoms with van der Waals surface area (Å²) in [5.74, 6) is 0.560. The summed E-state index contributed by atoms with van der Waals surface area (Å²) < 4.78 is 6.26. The van der Waals surface area contributed by atoms with Gasteiger partial charge in [0.15, 0.2) is 5.60 Å². The number of amides is 3. The first-order chi connectivity index (χ1) is 22.2. The second-order valence-corrected chi connectivity index (χ2v) is 13.2. The summed E-state index contributed by atoms with van der Waals surface area (Å²) in [7, 11) is 0. The van der Waals surface area contributed by atoms with Crippen molar-refractivity contribution >= 4 is 23.6 Å². The summed E-state index contributed by atoms with van der Waals surface area (Å²) in [6.45, 7) is 6.87. The third-order valence-corrected chi connectivity index (χ3v) is 9.62. The molecule has 0 bridgehead atoms. The predicted octanol–water partition coefficient (Wildman–Crippen LogP) is 4.85. The first-order valence-corrected chi connectivity index (χ1v) is 16.4. The Morgan fingerprint density at radius 2 is 1.70 bits per heavy atom. The van der Waals surface area contributed by atoms with Crippen LogP contribution in [0.3, 0.4) is 0 Å². The fourth-order valence-corrected chi connectivity index (χ4v) is 6.70. The van der Waals surface area contributed by atoms with Crippen LogP contribution in [-0.4, -0.2) is 98.8 Å². The van der Waals surface area contributed by atoms with Crippen LogP contribution in [0.5, 0.6) is 5.75 Å². The molecule has 1 atom stereocenters. The van der Waals surface area contributed by atoms with Crippen LogP contribution in [0.25, 0.3) is 11.1 Å². The molecule has 3 aromatic rings. The highest BCUT2D eigenvalue weighted by molar-refractivity contribution is 5.85. The largest absolute Gasteiger partial charge is 0.478 e. The lowest BCUT2D eigenvalue weighted by Crippen LogP contribution is -2.56. The highest BCUT2D eigenvalue weighted by Gasteiger charge is 2.37. The van der Waals surface area contributed by atoms with Gasteiger partial charge in [-0.2, -0.15) is 5.10 Å². The second-order valence-electron chi connectivity index (χ2n) is 13.2. The molecule has 1 aromatic heterocycles. The van der Waals surface area contributed by atoms with E-state index in [0.717, 1.165) is 61.0 Å². The quantitative estimate of drug-likeness (QED) is 0.347. The smallest absolute Gasteiger partial charge is 0.407 e. The maximum Gasteiger partial charge on any atom is 0.407 e. The number of aromatic amines is 1. The highest BCUT2D eigenvalue weighted by Crippen LogP contribution is 2.33. The van der Waals surface area contributed by atoms with Crippen molar-refractivity contribution in [2.24, 2.45) is 5.92 Å². The lowest BCUT2D eigenvalue weighted by atomic mass is 9.88. The number of carboxylic acid groups (broad SMARTS) is 1. The normalized spacial score (nSPS) is 19.0. The third-order valence-electron chi connectivity index (χ3n) is 9.62. The molecule has 2 N–H and O–H groups in total. The lowest BCUT2D eigenvalue weighted by Gasteiger charge is -2.42. The minimum absolute atomic E-state index is 0.0911. The fraction of sp³-hybridized carbons (Fsp3) is 0.486. The van der Waals surface area contributed by atoms with Crippen molar-refractivity contribution in [3.63, 3.8) is 0 Å². The number of carbonyl (C=O) groups excluding carboxylic acids is 2. The number of carbonyl (C=O) groups is 3. The van der Waals surface area contributed by atoms with Crippen molar-refractivity contribution in [1.29, 1.82) is 0 Å². The van der Waals surface area contributed by atoms with E-state index in [4.69, 9.17) is 4.74 Å². The SMILES string of the molecule is CC(C)(Oc1cccc(N2CCC[C@@H](C(=O)N(Cc3ccc(-c4cn[nH]c4)cc3)C3CCC3)C2)c1)C(=O)N1CCN(C(=O)O)CC1. The van der Waals surface area contributed by atoms with Gasteiger partial charge in [0.2, 0.25) is 5.91 Å². The number of benzene rings is 2. The molecule has 0 unspecified atom stereocenters. The first-order valence-electron chi connectivity index (χ1n) is 16.4. The van der Waals surface area contributed by atoms with Gasteiger partial charge in [0.25, 0.3) is 5.91 Å². The Kier molecular flexibility index (Phi) is 9.19. The van der Waals surface area contributed by atoms with Crippen molar-refractivity contribution in [2.45, 2.75) is 64.1 Å². The zero-order valence-electron chi connectivity index (χ0n) is 26.7. The van der Waals surface area contributed by atoms with Gasteiger partial charge in [0.05, 0.1) is 12.1 Å². The lowest BCUT2D eigenvalue weighted by molar-refractivity contribution is -0.147. The molecule has 2 aromatic carbocycles. The molecular formula is C35H44N6O5. The average molecular weight is 629 g/mol. The first kappa shape index (κ1) is 31.4. The molecule has 6 rings (SSSR count). The molecule has 3 amide bonds. The molecule has 2 saturated heterocycles. The number of rotatable bonds is 9. The molecule has 2 aliphatic heterocycles. The molecule has 1 aliphatic carbocycles. The summed E-state index contributed by atoms with van der Waals surface area (Å²) in [6, 6.07) is 16.5. The Morgan fingerprint density at radius 1 is 0.957 bits per heavy atom. The van der Waals surface area contributed by atoms with E-state index in [9.17, 15) is 19.5 Å². The number of aromatic nitrogens is 2. The predicted molar refractivity (Wildman–Crippen MR) is 174 cm³/mol. The summed E-state index contributed by atoms with van der Waals surface area (Å²) >= 11 is 0. The average Bonchev–Trinajstić information content (AvgIpc) is 3.59. The van der Waals surface area contributed by atoms with E-state index in [1.165, 1.54) is 4.90 Å². The highest BCUT2D eigenvalue weighted by atomic mass is 16.5. The number of nitrogens with zero attached hydrogens (tertiary/aromatic N) is 5. The summed E-state index contributed by atoms with van der Waals surface area (Å²) in [6.07, 6.45) is 7.78. The van der Waals surface area contributed by atoms with Crippen molar-refractivity contribution in [1.82, 2.24) is 24.9 Å². The summed E-state index contributed by atoms with van der Waals surface area (Å²) in [4.78, 5) is 46.1. The molecular weight excluding hydrogens is 584 g/mol. The number of piperidine rings is 1. The number of anilines is 1. The Balaban J connectivity index is 1.09. The molecule has 11 heteroatoms. The Morgan fingerprint density at radius 3 is 2.35 bits per heavy atom. The summed E-state index contributed by atoms with van der Waals surface area (Å²) in [5.41, 5.74) is 3.12. The molecule has 0 spiro atoms. The van der Waals surface area contributed by atoms with Crippen LogP contribution in [0.15, 0.2) is 60.9 Å². The van der Waals surface area contributed by atoms with E-state index in [1.807, 2.05) is 36.7 Å². The van der Waals surface area contributed by atoms with Crippen molar-refractivity contribution < 1.29 is 24.2 Å². The van der Waals surface area contributed by atoms with Gasteiger partial charge < -0.3 is 29.4 Å². The van der Waals surface area contributed by atoms with Gasteiger partial charge in [-0.1, -0.05) is 30.3 Å². The van der Waals surface area contributed by atoms with Gasteiger partial charge in [-0.15, -0.1) is 0 Å². The van der Waals surface area contributed by atoms with Crippen LogP contribution in [0.2, 0.25) is 0 Å². The molecule has 1 saturated carbocycles. The van der Waals surface area contributed by atoms with E-state index in [-0.39, 0.29) is 30.8 Å². The molecule has 3 heterocycles. The number of H-pyrrole nitrogens is 1. The molecule has 11 nitrogen and oxygen atoms in total. The Bertz CT molecular complexity index is 1510. The van der Waals surface area contributed by atoms with E-state index >= 15 is 0 Å². The van der Waals surface area contributed by atoms with Gasteiger partial charge in [0, 0.05) is 75.4 Å². The fourth-order valence-electron chi connectivity index (χ4n) is 6.70. The van der Waals surface area contributed by atoms with Crippen LogP contribution < -0.4 is 9.64 Å². The van der Waals surface area contributed by atoms with Gasteiger partial charge in [-0.05, 0) is 69.2 Å². The maximum atomic E-state index is 14.1. The van der Waals surface area contributed by atoms with Crippen molar-refractivity contribution in [3.8, 4) is 16.9 Å². The van der Waals surface area contributed by atoms with E-state index < -0.39 is 11.7 Å². The van der Waals surface area contributed by atoms with E-state index in [0.29, 0.717) is 38.0 Å². The van der Waals surface area contributed by atoms with Crippen LogP contribution >= 0.6 is 0 Å². The molecule has 0 radical (unpaired) electrons. The molecule has 3 aliphatic rings. The number of hydrogen-bond acceptors (Lipinski definition) is 6. The van der Waals surface area contributed by atoms with Crippen LogP contribution in [0.1, 0.15) is 51.5 Å². The van der Waals surface area contributed by atoms with Crippen LogP contribution in [-0.2, 0) is 16.1 Å². The number of hydrogen-bond donors (Lipinski definition) is 2.